The van der Waals surface area contributed by atoms with Crippen LogP contribution >= 0.6 is 0 Å². The first-order chi connectivity index (χ1) is 15.0. The fourth-order valence-electron chi connectivity index (χ4n) is 2.95. The molecule has 3 aromatic rings. The van der Waals surface area contributed by atoms with Crippen LogP contribution in [0, 0.1) is 24.4 Å². The van der Waals surface area contributed by atoms with Crippen LogP contribution in [-0.2, 0) is 0 Å². The SMILES string of the molecule is Cc1c(F)c(F)cc(C(=O)COc2c(N)cccc2-c2cccc(OC(F)(F)F)c2)c1F. The van der Waals surface area contributed by atoms with Gasteiger partial charge >= 0.3 is 6.36 Å². The molecule has 0 unspecified atom stereocenters. The third-order valence-electron chi connectivity index (χ3n) is 4.45. The average Bonchev–Trinajstić information content (AvgIpc) is 2.72. The van der Waals surface area contributed by atoms with Crippen LogP contribution in [0.1, 0.15) is 15.9 Å². The van der Waals surface area contributed by atoms with Crippen LogP contribution in [-0.4, -0.2) is 18.8 Å². The zero-order chi connectivity index (χ0) is 23.6. The maximum atomic E-state index is 14.2. The van der Waals surface area contributed by atoms with Gasteiger partial charge in [0, 0.05) is 11.1 Å². The van der Waals surface area contributed by atoms with Crippen molar-refractivity contribution in [1.29, 1.82) is 0 Å². The number of nitrogens with two attached hydrogens (primary N) is 1. The number of benzene rings is 3. The van der Waals surface area contributed by atoms with E-state index in [1.54, 1.807) is 0 Å². The summed E-state index contributed by atoms with van der Waals surface area (Å²) in [5.41, 5.74) is 5.03. The number of anilines is 1. The van der Waals surface area contributed by atoms with E-state index in [4.69, 9.17) is 10.5 Å². The van der Waals surface area contributed by atoms with Gasteiger partial charge in [-0.1, -0.05) is 24.3 Å². The highest BCUT2D eigenvalue weighted by molar-refractivity contribution is 5.98. The van der Waals surface area contributed by atoms with E-state index in [9.17, 15) is 31.1 Å². The predicted octanol–water partition coefficient (Wildman–Crippen LogP) is 5.82. The molecule has 0 atom stereocenters. The van der Waals surface area contributed by atoms with E-state index in [2.05, 4.69) is 4.74 Å². The number of para-hydroxylation sites is 1. The summed E-state index contributed by atoms with van der Waals surface area (Å²) < 4.78 is 88.2. The molecule has 0 radical (unpaired) electrons. The minimum atomic E-state index is -4.90. The summed E-state index contributed by atoms with van der Waals surface area (Å²) in [4.78, 5) is 12.4. The van der Waals surface area contributed by atoms with Crippen molar-refractivity contribution in [1.82, 2.24) is 0 Å². The fraction of sp³-hybridized carbons (Fsp3) is 0.136. The Morgan fingerprint density at radius 2 is 1.69 bits per heavy atom. The van der Waals surface area contributed by atoms with Gasteiger partial charge in [0.25, 0.3) is 0 Å². The Labute approximate surface area is 178 Å². The number of Topliss-reactive ketones (excluding diaryl/α,β-unsaturated/α-hetero) is 1. The Kier molecular flexibility index (Phi) is 6.33. The van der Waals surface area contributed by atoms with E-state index < -0.39 is 53.1 Å². The number of carbonyl (C=O) groups is 1. The summed E-state index contributed by atoms with van der Waals surface area (Å²) in [6, 6.07) is 9.80. The van der Waals surface area contributed by atoms with Gasteiger partial charge in [0.15, 0.2) is 24.0 Å². The molecule has 0 heterocycles. The standard InChI is InChI=1S/C22H15F6NO3/c1-11-19(24)15(9-16(23)20(11)25)18(30)10-31-21-14(6-3-7-17(21)29)12-4-2-5-13(8-12)32-22(26,27)28/h2-9H,10,29H2,1H3. The monoisotopic (exact) mass is 455 g/mol. The first-order valence-corrected chi connectivity index (χ1v) is 9.02. The number of carbonyl (C=O) groups excluding carboxylic acids is 1. The van der Waals surface area contributed by atoms with E-state index in [0.717, 1.165) is 19.1 Å². The van der Waals surface area contributed by atoms with Gasteiger partial charge in [0.2, 0.25) is 5.78 Å². The van der Waals surface area contributed by atoms with Gasteiger partial charge < -0.3 is 15.2 Å². The lowest BCUT2D eigenvalue weighted by atomic mass is 10.0. The summed E-state index contributed by atoms with van der Waals surface area (Å²) in [7, 11) is 0. The highest BCUT2D eigenvalue weighted by atomic mass is 19.4. The normalized spacial score (nSPS) is 11.3. The molecule has 3 aromatic carbocycles. The number of rotatable bonds is 6. The lowest BCUT2D eigenvalue weighted by Crippen LogP contribution is -2.17. The number of ketones is 1. The fourth-order valence-corrected chi connectivity index (χ4v) is 2.95. The number of hydrogen-bond donors (Lipinski definition) is 1. The Bertz CT molecular complexity index is 1180. The smallest absolute Gasteiger partial charge is 0.483 e. The Hall–Kier alpha value is -3.69. The Balaban J connectivity index is 1.90. The van der Waals surface area contributed by atoms with Gasteiger partial charge in [-0.15, -0.1) is 13.2 Å². The molecule has 0 saturated heterocycles. The number of hydrogen-bond acceptors (Lipinski definition) is 4. The highest BCUT2D eigenvalue weighted by Gasteiger charge is 2.31. The number of ether oxygens (including phenoxy) is 2. The second-order valence-corrected chi connectivity index (χ2v) is 6.67. The molecule has 0 aliphatic rings. The molecule has 0 fully saturated rings. The molecule has 0 saturated carbocycles. The van der Waals surface area contributed by atoms with Crippen LogP contribution < -0.4 is 15.2 Å². The van der Waals surface area contributed by atoms with Crippen molar-refractivity contribution < 1.29 is 40.6 Å². The molecule has 168 valence electrons. The van der Waals surface area contributed by atoms with Crippen molar-refractivity contribution in [2.75, 3.05) is 12.3 Å². The molecule has 0 bridgehead atoms. The van der Waals surface area contributed by atoms with Crippen LogP contribution in [0.15, 0.2) is 48.5 Å². The third-order valence-corrected chi connectivity index (χ3v) is 4.45. The molecule has 3 rings (SSSR count). The molecule has 0 spiro atoms. The number of nitrogen functional groups attached to an aromatic ring is 1. The molecule has 0 aromatic heterocycles. The first kappa shape index (κ1) is 23.0. The van der Waals surface area contributed by atoms with Gasteiger partial charge in [-0.3, -0.25) is 4.79 Å². The van der Waals surface area contributed by atoms with E-state index in [1.165, 1.54) is 30.3 Å². The lowest BCUT2D eigenvalue weighted by Gasteiger charge is -2.15. The number of halogens is 6. The highest BCUT2D eigenvalue weighted by Crippen LogP contribution is 2.37. The van der Waals surface area contributed by atoms with Crippen LogP contribution in [0.25, 0.3) is 11.1 Å². The van der Waals surface area contributed by atoms with Crippen molar-refractivity contribution >= 4 is 11.5 Å². The molecule has 0 aliphatic heterocycles. The minimum absolute atomic E-state index is 0.0411. The van der Waals surface area contributed by atoms with Crippen molar-refractivity contribution in [2.45, 2.75) is 13.3 Å². The van der Waals surface area contributed by atoms with Crippen molar-refractivity contribution in [2.24, 2.45) is 0 Å². The molecule has 0 aliphatic carbocycles. The summed E-state index contributed by atoms with van der Waals surface area (Å²) in [6.45, 7) is 0.191. The van der Waals surface area contributed by atoms with Crippen molar-refractivity contribution in [3.63, 3.8) is 0 Å². The van der Waals surface area contributed by atoms with Gasteiger partial charge in [-0.05, 0) is 36.8 Å². The van der Waals surface area contributed by atoms with Gasteiger partial charge in [0.1, 0.15) is 11.6 Å². The summed E-state index contributed by atoms with van der Waals surface area (Å²) >= 11 is 0. The molecule has 10 heteroatoms. The van der Waals surface area contributed by atoms with E-state index in [0.29, 0.717) is 6.07 Å². The van der Waals surface area contributed by atoms with Gasteiger partial charge in [-0.2, -0.15) is 0 Å². The molecule has 4 nitrogen and oxygen atoms in total. The summed E-state index contributed by atoms with van der Waals surface area (Å²) in [5.74, 6) is -5.57. The van der Waals surface area contributed by atoms with Crippen molar-refractivity contribution in [3.05, 3.63) is 77.1 Å². The number of alkyl halides is 3. The minimum Gasteiger partial charge on any atom is -0.483 e. The van der Waals surface area contributed by atoms with Crippen LogP contribution in [0.2, 0.25) is 0 Å². The quantitative estimate of drug-likeness (QED) is 0.220. The molecule has 32 heavy (non-hydrogen) atoms. The Morgan fingerprint density at radius 1 is 1.00 bits per heavy atom. The lowest BCUT2D eigenvalue weighted by molar-refractivity contribution is -0.274. The largest absolute Gasteiger partial charge is 0.573 e. The van der Waals surface area contributed by atoms with Crippen LogP contribution in [0.4, 0.5) is 32.0 Å². The van der Waals surface area contributed by atoms with Crippen LogP contribution in [0.3, 0.4) is 0 Å². The van der Waals surface area contributed by atoms with E-state index >= 15 is 0 Å². The predicted molar refractivity (Wildman–Crippen MR) is 104 cm³/mol. The summed E-state index contributed by atoms with van der Waals surface area (Å²) in [6.07, 6.45) is -4.90. The molecule has 0 amide bonds. The second kappa shape index (κ2) is 8.81. The first-order valence-electron chi connectivity index (χ1n) is 9.02. The zero-order valence-corrected chi connectivity index (χ0v) is 16.4. The van der Waals surface area contributed by atoms with Gasteiger partial charge in [-0.25, -0.2) is 13.2 Å². The van der Waals surface area contributed by atoms with E-state index in [-0.39, 0.29) is 22.6 Å². The Morgan fingerprint density at radius 3 is 2.38 bits per heavy atom. The maximum Gasteiger partial charge on any atom is 0.573 e. The maximum absolute atomic E-state index is 14.2. The summed E-state index contributed by atoms with van der Waals surface area (Å²) in [5, 5.41) is 0. The van der Waals surface area contributed by atoms with Gasteiger partial charge in [0.05, 0.1) is 11.3 Å². The third kappa shape index (κ3) is 4.96. The van der Waals surface area contributed by atoms with Crippen molar-refractivity contribution in [3.8, 4) is 22.6 Å². The second-order valence-electron chi connectivity index (χ2n) is 6.67. The van der Waals surface area contributed by atoms with Crippen LogP contribution in [0.5, 0.6) is 11.5 Å². The van der Waals surface area contributed by atoms with E-state index in [1.807, 2.05) is 0 Å². The zero-order valence-electron chi connectivity index (χ0n) is 16.4. The molecule has 2 N–H and O–H groups in total. The molecular weight excluding hydrogens is 440 g/mol. The molecular formula is C22H15F6NO3. The topological polar surface area (TPSA) is 61.5 Å². The average molecular weight is 455 g/mol.